The molecule has 0 radical (unpaired) electrons. The van der Waals surface area contributed by atoms with E-state index in [1.807, 2.05) is 0 Å². The smallest absolute Gasteiger partial charge is 0.337 e. The van der Waals surface area contributed by atoms with Crippen molar-refractivity contribution in [1.29, 1.82) is 0 Å². The number of hydrogen-bond acceptors (Lipinski definition) is 8. The number of amides is 1. The number of hydrogen-bond donors (Lipinski definition) is 1. The molecule has 1 aliphatic heterocycles. The van der Waals surface area contributed by atoms with Crippen molar-refractivity contribution < 1.29 is 28.3 Å². The summed E-state index contributed by atoms with van der Waals surface area (Å²) in [5.41, 5.74) is 5.81. The van der Waals surface area contributed by atoms with Crippen LogP contribution < -0.4 is 5.73 Å². The van der Waals surface area contributed by atoms with Crippen molar-refractivity contribution in [3.63, 3.8) is 0 Å². The average molecular weight is 423 g/mol. The topological polar surface area (TPSA) is 125 Å². The monoisotopic (exact) mass is 423 g/mol. The fourth-order valence-corrected chi connectivity index (χ4v) is 4.28. The summed E-state index contributed by atoms with van der Waals surface area (Å²) in [5, 5.41) is 0. The number of ether oxygens (including phenoxy) is 2. The highest BCUT2D eigenvalue weighted by atomic mass is 16.5. The van der Waals surface area contributed by atoms with Gasteiger partial charge in [-0.15, -0.1) is 0 Å². The second kappa shape index (κ2) is 7.42. The normalized spacial score (nSPS) is 18.9. The number of nitrogens with zero attached hydrogens (tertiary/aromatic N) is 2. The first-order chi connectivity index (χ1) is 14.9. The van der Waals surface area contributed by atoms with Crippen molar-refractivity contribution in [2.24, 2.45) is 0 Å². The van der Waals surface area contributed by atoms with Gasteiger partial charge in [-0.2, -0.15) is 4.98 Å². The lowest BCUT2D eigenvalue weighted by molar-refractivity contribution is -0.147. The van der Waals surface area contributed by atoms with E-state index in [9.17, 15) is 14.4 Å². The SMILES string of the molecule is C=CCOC(=O)C1=C(C)N(CC(=O)OCC)C(=O)C12c1ccccc1-c1oc(N)nc12. The third-order valence-electron chi connectivity index (χ3n) is 5.41. The number of allylic oxidation sites excluding steroid dienone is 1. The number of carbonyl (C=O) groups excluding carboxylic acids is 3. The maximum Gasteiger partial charge on any atom is 0.337 e. The molecule has 0 bridgehead atoms. The lowest BCUT2D eigenvalue weighted by Gasteiger charge is -2.26. The van der Waals surface area contributed by atoms with Gasteiger partial charge >= 0.3 is 11.9 Å². The third kappa shape index (κ3) is 2.77. The molecule has 0 fully saturated rings. The second-order valence-corrected chi connectivity index (χ2v) is 7.07. The van der Waals surface area contributed by atoms with Gasteiger partial charge in [-0.3, -0.25) is 9.59 Å². The Morgan fingerprint density at radius 1 is 1.32 bits per heavy atom. The van der Waals surface area contributed by atoms with Gasteiger partial charge in [0.1, 0.15) is 18.8 Å². The lowest BCUT2D eigenvalue weighted by atomic mass is 9.74. The Kier molecular flexibility index (Phi) is 4.88. The van der Waals surface area contributed by atoms with Gasteiger partial charge in [0.2, 0.25) is 5.91 Å². The highest BCUT2D eigenvalue weighted by molar-refractivity contribution is 6.14. The number of benzene rings is 1. The molecule has 9 heteroatoms. The molecule has 1 spiro atoms. The summed E-state index contributed by atoms with van der Waals surface area (Å²) in [6.45, 7) is 6.57. The molecule has 160 valence electrons. The fraction of sp³-hybridized carbons (Fsp3) is 0.273. The van der Waals surface area contributed by atoms with Crippen molar-refractivity contribution in [2.75, 3.05) is 25.5 Å². The quantitative estimate of drug-likeness (QED) is 0.552. The Labute approximate surface area is 178 Å². The van der Waals surface area contributed by atoms with Crippen LogP contribution in [0.15, 0.2) is 52.6 Å². The Morgan fingerprint density at radius 3 is 2.77 bits per heavy atom. The zero-order valence-corrected chi connectivity index (χ0v) is 17.1. The number of nitrogen functional groups attached to an aromatic ring is 1. The van der Waals surface area contributed by atoms with Gasteiger partial charge in [-0.1, -0.05) is 36.9 Å². The first kappa shape index (κ1) is 20.4. The zero-order chi connectivity index (χ0) is 22.3. The molecule has 1 atom stereocenters. The van der Waals surface area contributed by atoms with Crippen LogP contribution in [-0.4, -0.2) is 47.5 Å². The Hall–Kier alpha value is -3.88. The standard InChI is InChI=1S/C22H21N3O6/c1-4-10-30-19(27)16-12(3)25(11-15(26)29-5-2)20(28)22(16)14-9-7-6-8-13(14)17-18(22)24-21(23)31-17/h4,6-9H,1,5,10-11H2,2-3H3,(H2,23,24). The van der Waals surface area contributed by atoms with Crippen LogP contribution >= 0.6 is 0 Å². The zero-order valence-electron chi connectivity index (χ0n) is 17.1. The van der Waals surface area contributed by atoms with E-state index in [1.54, 1.807) is 38.1 Å². The van der Waals surface area contributed by atoms with E-state index in [0.717, 1.165) is 0 Å². The van der Waals surface area contributed by atoms with Crippen molar-refractivity contribution in [3.8, 4) is 11.3 Å². The van der Waals surface area contributed by atoms with Crippen molar-refractivity contribution in [2.45, 2.75) is 19.3 Å². The third-order valence-corrected chi connectivity index (χ3v) is 5.41. The minimum atomic E-state index is -1.64. The Balaban J connectivity index is 1.97. The van der Waals surface area contributed by atoms with E-state index in [2.05, 4.69) is 11.6 Å². The van der Waals surface area contributed by atoms with Crippen LogP contribution in [-0.2, 0) is 29.3 Å². The number of oxazole rings is 1. The van der Waals surface area contributed by atoms with Crippen molar-refractivity contribution in [3.05, 3.63) is 59.4 Å². The largest absolute Gasteiger partial charge is 0.465 e. The van der Waals surface area contributed by atoms with Crippen LogP contribution in [0.4, 0.5) is 6.01 Å². The first-order valence-electron chi connectivity index (χ1n) is 9.71. The second-order valence-electron chi connectivity index (χ2n) is 7.07. The van der Waals surface area contributed by atoms with Crippen LogP contribution in [0.25, 0.3) is 11.3 Å². The number of fused-ring (bicyclic) bond motifs is 5. The minimum absolute atomic E-state index is 0.0484. The van der Waals surface area contributed by atoms with Gasteiger partial charge in [-0.05, 0) is 19.4 Å². The number of anilines is 1. The summed E-state index contributed by atoms with van der Waals surface area (Å²) in [6, 6.07) is 6.88. The molecule has 2 heterocycles. The first-order valence-corrected chi connectivity index (χ1v) is 9.71. The molecule has 2 N–H and O–H groups in total. The van der Waals surface area contributed by atoms with Gasteiger partial charge in [0, 0.05) is 11.3 Å². The molecular weight excluding hydrogens is 402 g/mol. The van der Waals surface area contributed by atoms with Crippen LogP contribution in [0.5, 0.6) is 0 Å². The molecule has 0 saturated heterocycles. The molecule has 2 aromatic rings. The van der Waals surface area contributed by atoms with Crippen LogP contribution in [0.3, 0.4) is 0 Å². The highest BCUT2D eigenvalue weighted by Gasteiger charge is 2.63. The molecule has 9 nitrogen and oxygen atoms in total. The Morgan fingerprint density at radius 2 is 2.06 bits per heavy atom. The van der Waals surface area contributed by atoms with E-state index < -0.39 is 23.3 Å². The van der Waals surface area contributed by atoms with E-state index >= 15 is 0 Å². The number of rotatable bonds is 6. The highest BCUT2D eigenvalue weighted by Crippen LogP contribution is 2.57. The molecule has 2 aliphatic rings. The molecule has 31 heavy (non-hydrogen) atoms. The van der Waals surface area contributed by atoms with Crippen molar-refractivity contribution in [1.82, 2.24) is 9.88 Å². The van der Waals surface area contributed by atoms with Gasteiger partial charge in [0.05, 0.1) is 12.2 Å². The van der Waals surface area contributed by atoms with E-state index in [0.29, 0.717) is 16.9 Å². The summed E-state index contributed by atoms with van der Waals surface area (Å²) >= 11 is 0. The summed E-state index contributed by atoms with van der Waals surface area (Å²) in [6.07, 6.45) is 1.43. The van der Waals surface area contributed by atoms with Gasteiger partial charge in [0.25, 0.3) is 6.01 Å². The molecule has 1 aromatic heterocycles. The summed E-state index contributed by atoms with van der Waals surface area (Å²) in [7, 11) is 0. The molecule has 1 aromatic carbocycles. The predicted molar refractivity (Wildman–Crippen MR) is 109 cm³/mol. The van der Waals surface area contributed by atoms with E-state index in [4.69, 9.17) is 19.6 Å². The minimum Gasteiger partial charge on any atom is -0.465 e. The molecule has 1 unspecified atom stereocenters. The predicted octanol–water partition coefficient (Wildman–Crippen LogP) is 1.93. The molecule has 1 aliphatic carbocycles. The van der Waals surface area contributed by atoms with Gasteiger partial charge in [-0.25, -0.2) is 4.79 Å². The Bertz CT molecular complexity index is 1150. The molecule has 0 saturated carbocycles. The van der Waals surface area contributed by atoms with Crippen LogP contribution in [0.2, 0.25) is 0 Å². The number of carbonyl (C=O) groups is 3. The number of esters is 2. The van der Waals surface area contributed by atoms with Gasteiger partial charge < -0.3 is 24.5 Å². The van der Waals surface area contributed by atoms with E-state index in [-0.39, 0.29) is 42.7 Å². The molecule has 4 rings (SSSR count). The summed E-state index contributed by atoms with van der Waals surface area (Å²) in [5.74, 6) is -1.54. The average Bonchev–Trinajstić information content (AvgIpc) is 3.32. The molecule has 1 amide bonds. The van der Waals surface area contributed by atoms with Gasteiger partial charge in [0.15, 0.2) is 11.2 Å². The van der Waals surface area contributed by atoms with Crippen LogP contribution in [0.1, 0.15) is 25.1 Å². The number of nitrogens with two attached hydrogens (primary N) is 1. The van der Waals surface area contributed by atoms with Crippen LogP contribution in [0, 0.1) is 0 Å². The fourth-order valence-electron chi connectivity index (χ4n) is 4.28. The summed E-state index contributed by atoms with van der Waals surface area (Å²) in [4.78, 5) is 44.8. The van der Waals surface area contributed by atoms with E-state index in [1.165, 1.54) is 11.0 Å². The summed E-state index contributed by atoms with van der Waals surface area (Å²) < 4.78 is 15.9. The van der Waals surface area contributed by atoms with Crippen molar-refractivity contribution >= 4 is 23.9 Å². The maximum absolute atomic E-state index is 13.9. The maximum atomic E-state index is 13.9. The lowest BCUT2D eigenvalue weighted by Crippen LogP contribution is -2.44. The molecular formula is C22H21N3O6. The number of aromatic nitrogens is 1.